The number of benzene rings is 7. The normalized spacial score (nSPS) is 12.6. The van der Waals surface area contributed by atoms with Crippen molar-refractivity contribution in [2.75, 3.05) is 0 Å². The van der Waals surface area contributed by atoms with E-state index in [1.807, 2.05) is 50.4 Å². The van der Waals surface area contributed by atoms with Gasteiger partial charge in [-0.25, -0.2) is 0 Å². The quantitative estimate of drug-likeness (QED) is 0.0907. The zero-order valence-electron chi connectivity index (χ0n) is 41.4. The number of nitrogens with zero attached hydrogens (tertiary/aromatic N) is 3. The molecule has 337 valence electrons. The fourth-order valence-electron chi connectivity index (χ4n) is 9.25. The van der Waals surface area contributed by atoms with E-state index >= 15 is 0 Å². The second kappa shape index (κ2) is 18.4. The molecule has 0 amide bonds. The summed E-state index contributed by atoms with van der Waals surface area (Å²) in [6.07, 6.45) is 2.00. The van der Waals surface area contributed by atoms with Gasteiger partial charge in [0.25, 0.3) is 0 Å². The molecule has 0 spiro atoms. The average Bonchev–Trinajstić information content (AvgIpc) is 3.85. The van der Waals surface area contributed by atoms with Gasteiger partial charge < -0.3 is 8.98 Å². The van der Waals surface area contributed by atoms with Gasteiger partial charge >= 0.3 is 120 Å². The third-order valence-electron chi connectivity index (χ3n) is 12.8. The van der Waals surface area contributed by atoms with Crippen LogP contribution in [0.4, 0.5) is 0 Å². The first kappa shape index (κ1) is 45.8. The molecule has 0 aliphatic carbocycles. The van der Waals surface area contributed by atoms with Crippen molar-refractivity contribution in [1.82, 2.24) is 14.5 Å². The SMILES string of the molecule is CC(C)c1cc(C(C)(C)C)cc(C(C)C)c1-n1c(-c2[c-]ccc3c2oc2cc4c(ccc5ccccc54)cc23)nc2ccccc21.[2H]C(C)(C)c1cc(-c2[c-]cccc2)nc[c]1[Ge]([CH3])([CH3])[CH3].[Ir]. The number of hydrogen-bond donors (Lipinski definition) is 0. The van der Waals surface area contributed by atoms with Gasteiger partial charge in [0.05, 0.1) is 22.4 Å². The molecule has 3 heterocycles. The smallest absolute Gasteiger partial charge is 0 e. The molecule has 0 aliphatic heterocycles. The molecule has 0 N–H and O–H groups in total. The van der Waals surface area contributed by atoms with Gasteiger partial charge in [0.2, 0.25) is 0 Å². The topological polar surface area (TPSA) is 43.9 Å². The molecule has 0 unspecified atom stereocenters. The summed E-state index contributed by atoms with van der Waals surface area (Å²) >= 11 is -2.03. The number of pyridine rings is 1. The molecule has 0 bridgehead atoms. The Morgan fingerprint density at radius 2 is 1.35 bits per heavy atom. The molecular formula is C60H61GeIrN3O-2. The van der Waals surface area contributed by atoms with Crippen molar-refractivity contribution in [3.63, 3.8) is 0 Å². The minimum atomic E-state index is -2.03. The van der Waals surface area contributed by atoms with Gasteiger partial charge in [0.1, 0.15) is 5.58 Å². The monoisotopic (exact) mass is 1110 g/mol. The van der Waals surface area contributed by atoms with Crippen LogP contribution >= 0.6 is 0 Å². The molecule has 66 heavy (non-hydrogen) atoms. The largest absolute Gasteiger partial charge is 0 e. The van der Waals surface area contributed by atoms with E-state index in [0.717, 1.165) is 61.2 Å². The Kier molecular flexibility index (Phi) is 12.8. The van der Waals surface area contributed by atoms with Gasteiger partial charge in [-0.1, -0.05) is 120 Å². The third-order valence-corrected chi connectivity index (χ3v) is 17.0. The first-order chi connectivity index (χ1) is 31.3. The molecular weight excluding hydrogens is 1040 g/mol. The number of para-hydroxylation sites is 2. The Labute approximate surface area is 409 Å². The second-order valence-corrected chi connectivity index (χ2v) is 31.1. The van der Waals surface area contributed by atoms with Crippen LogP contribution in [0.25, 0.3) is 82.8 Å². The predicted molar refractivity (Wildman–Crippen MR) is 280 cm³/mol. The minimum absolute atomic E-state index is 0. The Bertz CT molecular complexity index is 3410. The van der Waals surface area contributed by atoms with E-state index in [-0.39, 0.29) is 25.5 Å². The van der Waals surface area contributed by atoms with E-state index in [9.17, 15) is 0 Å². The molecule has 0 saturated carbocycles. The Hall–Kier alpha value is -5.33. The number of furan rings is 1. The summed E-state index contributed by atoms with van der Waals surface area (Å²) in [5.41, 5.74) is 12.9. The van der Waals surface area contributed by atoms with Gasteiger partial charge in [-0.2, -0.15) is 0 Å². The van der Waals surface area contributed by atoms with E-state index in [2.05, 4.69) is 184 Å². The van der Waals surface area contributed by atoms with E-state index in [4.69, 9.17) is 10.8 Å². The van der Waals surface area contributed by atoms with Gasteiger partial charge in [-0.3, -0.25) is 4.98 Å². The maximum atomic E-state index is 8.44. The standard InChI is InChI=1S/C43H39N2O.C17H22GeN.Ir/c1-25(2)33-22-29(43(5,6)7)23-34(26(3)4)40(33)45-38-18-11-10-17-37(38)44-42(45)32-16-12-15-31-36-21-28-20-19-27-13-8-9-14-30(27)35(28)24-39(36)46-41(31)32;1-13(2)15-11-17(14-9-7-6-8-10-14)19-12-16(15)18(3,4)5;/h8-15,17-26H,1-7H3;6-9,11-13H,1-5H3;/q2*-1;/i;13D;. The van der Waals surface area contributed by atoms with Crippen molar-refractivity contribution in [3.8, 4) is 28.3 Å². The Morgan fingerprint density at radius 1 is 0.667 bits per heavy atom. The molecule has 0 fully saturated rings. The van der Waals surface area contributed by atoms with Crippen LogP contribution in [-0.2, 0) is 25.5 Å². The summed E-state index contributed by atoms with van der Waals surface area (Å²) in [4.78, 5) is 9.94. The maximum Gasteiger partial charge on any atom is 0 e. The summed E-state index contributed by atoms with van der Waals surface area (Å²) in [7, 11) is 0. The van der Waals surface area contributed by atoms with Gasteiger partial charge in [-0.05, 0) is 79.8 Å². The van der Waals surface area contributed by atoms with Gasteiger partial charge in [-0.15, -0.1) is 18.2 Å². The van der Waals surface area contributed by atoms with E-state index in [1.54, 1.807) is 0 Å². The molecule has 4 nitrogen and oxygen atoms in total. The van der Waals surface area contributed by atoms with Crippen LogP contribution in [0.15, 0.2) is 138 Å². The molecule has 10 aromatic rings. The van der Waals surface area contributed by atoms with Crippen molar-refractivity contribution in [2.45, 2.75) is 103 Å². The summed E-state index contributed by atoms with van der Waals surface area (Å²) in [6.45, 7) is 20.0. The molecule has 10 rings (SSSR count). The zero-order chi connectivity index (χ0) is 46.9. The van der Waals surface area contributed by atoms with E-state index in [1.165, 1.54) is 48.3 Å². The first-order valence-electron chi connectivity index (χ1n) is 23.6. The summed E-state index contributed by atoms with van der Waals surface area (Å²) in [5, 5.41) is 7.05. The third kappa shape index (κ3) is 8.83. The second-order valence-electron chi connectivity index (χ2n) is 20.5. The predicted octanol–water partition coefficient (Wildman–Crippen LogP) is 16.5. The number of hydrogen-bond acceptors (Lipinski definition) is 3. The van der Waals surface area contributed by atoms with Crippen LogP contribution in [0.5, 0.6) is 0 Å². The van der Waals surface area contributed by atoms with E-state index < -0.39 is 19.2 Å². The molecule has 3 aromatic heterocycles. The van der Waals surface area contributed by atoms with E-state index in [0.29, 0.717) is 11.8 Å². The molecule has 0 atom stereocenters. The fraction of sp³-hybridized carbons (Fsp3) is 0.267. The van der Waals surface area contributed by atoms with Crippen molar-refractivity contribution < 1.29 is 25.9 Å². The molecule has 6 heteroatoms. The number of imidazole rings is 1. The fourth-order valence-corrected chi connectivity index (χ4v) is 12.6. The van der Waals surface area contributed by atoms with Crippen LogP contribution < -0.4 is 4.40 Å². The van der Waals surface area contributed by atoms with Crippen LogP contribution in [-0.4, -0.2) is 27.8 Å². The van der Waals surface area contributed by atoms with Crippen LogP contribution in [0.3, 0.4) is 0 Å². The zero-order valence-corrected chi connectivity index (χ0v) is 44.9. The number of rotatable bonds is 7. The average molecular weight is 1110 g/mol. The molecule has 7 aromatic carbocycles. The van der Waals surface area contributed by atoms with Crippen LogP contribution in [0, 0.1) is 12.1 Å². The number of fused-ring (bicyclic) bond motifs is 7. The first-order valence-corrected chi connectivity index (χ1v) is 30.5. The summed E-state index contributed by atoms with van der Waals surface area (Å²) < 4.78 is 19.0. The van der Waals surface area contributed by atoms with Gasteiger partial charge in [0, 0.05) is 31.2 Å². The minimum Gasteiger partial charge on any atom is 0 e. The molecule has 1 radical (unpaired) electrons. The van der Waals surface area contributed by atoms with Crippen molar-refractivity contribution in [1.29, 1.82) is 0 Å². The summed E-state index contributed by atoms with van der Waals surface area (Å²) in [5.74, 6) is 7.93. The van der Waals surface area contributed by atoms with Crippen molar-refractivity contribution in [2.24, 2.45) is 0 Å². The van der Waals surface area contributed by atoms with Crippen molar-refractivity contribution in [3.05, 3.63) is 168 Å². The van der Waals surface area contributed by atoms with Gasteiger partial charge in [0.15, 0.2) is 0 Å². The van der Waals surface area contributed by atoms with Crippen molar-refractivity contribution >= 4 is 72.2 Å². The number of aromatic nitrogens is 3. The van der Waals surface area contributed by atoms with Crippen LogP contribution in [0.1, 0.15) is 104 Å². The maximum absolute atomic E-state index is 8.44. The molecule has 0 saturated heterocycles. The Morgan fingerprint density at radius 3 is 2.02 bits per heavy atom. The summed E-state index contributed by atoms with van der Waals surface area (Å²) in [6, 6.07) is 51.7. The van der Waals surface area contributed by atoms with Crippen LogP contribution in [0.2, 0.25) is 17.3 Å². The Balaban J connectivity index is 0.000000244. The molecule has 0 aliphatic rings.